The molecule has 0 saturated carbocycles. The molecule has 0 atom stereocenters. The predicted octanol–water partition coefficient (Wildman–Crippen LogP) is 4.87. The van der Waals surface area contributed by atoms with Crippen molar-refractivity contribution >= 4 is 47.8 Å². The number of hydrogen-bond donors (Lipinski definition) is 5. The summed E-state index contributed by atoms with van der Waals surface area (Å²) in [6.07, 6.45) is 6.89. The van der Waals surface area contributed by atoms with Gasteiger partial charge >= 0.3 is 0 Å². The van der Waals surface area contributed by atoms with Crippen molar-refractivity contribution in [2.45, 2.75) is 41.0 Å². The van der Waals surface area contributed by atoms with Crippen LogP contribution in [-0.2, 0) is 4.79 Å². The minimum absolute atomic E-state index is 0.176. The van der Waals surface area contributed by atoms with Crippen LogP contribution in [0.5, 0.6) is 5.75 Å². The topological polar surface area (TPSA) is 141 Å². The molecule has 0 fully saturated rings. The second-order valence-electron chi connectivity index (χ2n) is 6.80. The van der Waals surface area contributed by atoms with E-state index in [0.29, 0.717) is 40.4 Å². The van der Waals surface area contributed by atoms with Crippen molar-refractivity contribution in [1.82, 2.24) is 10.3 Å². The van der Waals surface area contributed by atoms with Gasteiger partial charge in [0.2, 0.25) is 0 Å². The molecular weight excluding hydrogens is 498 g/mol. The number of para-hydroxylation sites is 1. The van der Waals surface area contributed by atoms with Crippen LogP contribution < -0.4 is 22.2 Å². The van der Waals surface area contributed by atoms with E-state index in [9.17, 15) is 4.79 Å². The van der Waals surface area contributed by atoms with Gasteiger partial charge in [-0.15, -0.1) is 0 Å². The molecule has 0 heterocycles. The quantitative estimate of drug-likeness (QED) is 0.0349. The molecule has 1 aromatic rings. The van der Waals surface area contributed by atoms with E-state index in [-0.39, 0.29) is 5.75 Å². The number of anilines is 1. The van der Waals surface area contributed by atoms with Crippen LogP contribution in [0.1, 0.15) is 41.0 Å². The zero-order valence-corrected chi connectivity index (χ0v) is 23.8. The molecule has 0 radical (unpaired) electrons. The van der Waals surface area contributed by atoms with Gasteiger partial charge in [0, 0.05) is 43.8 Å². The maximum atomic E-state index is 10.9. The highest BCUT2D eigenvalue weighted by atomic mass is 35.5. The standard InChI is InChI=1S/C16H28N6OS.C7H8ClNO.C2H6/c1-5-6-14(20-8-7-17)9-16(21-13(2)3)22(18)12-24-15(11-23)10-19-4;1-9-7-5(8)3-2-4-6(7)10;1-2/h6,9-11,20H,4-5,7-8,12,17-18H2,1-3H3;2-4,9-10H,1H3;1-2H3/b14-6-,15-10-,16-9+;;. The van der Waals surface area contributed by atoms with Gasteiger partial charge in [-0.1, -0.05) is 56.3 Å². The van der Waals surface area contributed by atoms with Gasteiger partial charge < -0.3 is 21.5 Å². The van der Waals surface area contributed by atoms with Crippen molar-refractivity contribution in [3.05, 3.63) is 58.0 Å². The number of nitrogens with zero attached hydrogens (tertiary/aromatic N) is 3. The van der Waals surface area contributed by atoms with Crippen LogP contribution in [0.4, 0.5) is 5.69 Å². The Bertz CT molecular complexity index is 878. The number of halogens is 1. The van der Waals surface area contributed by atoms with Crippen LogP contribution in [0, 0.1) is 0 Å². The molecule has 0 aliphatic rings. The van der Waals surface area contributed by atoms with Crippen LogP contribution in [0.2, 0.25) is 5.02 Å². The summed E-state index contributed by atoms with van der Waals surface area (Å²) >= 11 is 6.97. The maximum Gasteiger partial charge on any atom is 0.158 e. The zero-order valence-electron chi connectivity index (χ0n) is 22.2. The highest BCUT2D eigenvalue weighted by molar-refractivity contribution is 8.03. The second kappa shape index (κ2) is 22.7. The Labute approximate surface area is 225 Å². The summed E-state index contributed by atoms with van der Waals surface area (Å²) in [4.78, 5) is 19.4. The second-order valence-corrected chi connectivity index (χ2v) is 8.23. The van der Waals surface area contributed by atoms with Gasteiger partial charge in [-0.2, -0.15) is 0 Å². The van der Waals surface area contributed by atoms with Gasteiger partial charge in [0.15, 0.2) is 6.29 Å². The van der Waals surface area contributed by atoms with E-state index < -0.39 is 0 Å². The Balaban J connectivity index is 0. The van der Waals surface area contributed by atoms with Crippen LogP contribution >= 0.6 is 23.4 Å². The number of allylic oxidation sites excluding steroid dienone is 3. The van der Waals surface area contributed by atoms with E-state index in [2.05, 4.69) is 27.3 Å². The molecule has 1 rings (SSSR count). The lowest BCUT2D eigenvalue weighted by molar-refractivity contribution is -0.104. The van der Waals surface area contributed by atoms with Gasteiger partial charge in [0.1, 0.15) is 11.6 Å². The van der Waals surface area contributed by atoms with Crippen LogP contribution in [0.25, 0.3) is 0 Å². The molecule has 0 aliphatic heterocycles. The van der Waals surface area contributed by atoms with Crippen molar-refractivity contribution < 1.29 is 9.90 Å². The first kappa shape index (κ1) is 35.4. The fourth-order valence-corrected chi connectivity index (χ4v) is 3.23. The lowest BCUT2D eigenvalue weighted by atomic mass is 10.3. The number of rotatable bonds is 13. The van der Waals surface area contributed by atoms with E-state index in [1.807, 2.05) is 46.8 Å². The number of hydrazine groups is 1. The summed E-state index contributed by atoms with van der Waals surface area (Å²) in [5.41, 5.74) is 7.89. The third-order valence-corrected chi connectivity index (χ3v) is 5.02. The number of nitrogens with two attached hydrogens (primary N) is 2. The van der Waals surface area contributed by atoms with E-state index in [1.54, 1.807) is 25.2 Å². The molecule has 0 saturated heterocycles. The zero-order chi connectivity index (χ0) is 27.9. The Hall–Kier alpha value is -2.79. The summed E-state index contributed by atoms with van der Waals surface area (Å²) in [5, 5.41) is 17.2. The Morgan fingerprint density at radius 2 is 2.00 bits per heavy atom. The molecule has 0 unspecified atom stereocenters. The maximum absolute atomic E-state index is 10.9. The Morgan fingerprint density at radius 3 is 2.44 bits per heavy atom. The lowest BCUT2D eigenvalue weighted by Crippen LogP contribution is -2.30. The number of carbonyl (C=O) groups excluding carboxylic acids is 1. The number of nitrogens with one attached hydrogen (secondary N) is 2. The van der Waals surface area contributed by atoms with Crippen molar-refractivity contribution in [2.24, 2.45) is 21.6 Å². The molecule has 0 aliphatic carbocycles. The number of phenols is 1. The van der Waals surface area contributed by atoms with Crippen LogP contribution in [0.3, 0.4) is 0 Å². The first-order chi connectivity index (χ1) is 17.2. The van der Waals surface area contributed by atoms with Gasteiger partial charge in [-0.05, 0) is 39.1 Å². The van der Waals surface area contributed by atoms with Crippen molar-refractivity contribution in [3.63, 3.8) is 0 Å². The third kappa shape index (κ3) is 16.0. The number of phenolic OH excluding ortho intramolecular Hbond substituents is 1. The summed E-state index contributed by atoms with van der Waals surface area (Å²) in [7, 11) is 1.71. The summed E-state index contributed by atoms with van der Waals surface area (Å²) in [5.74, 6) is 7.22. The fraction of sp³-hybridized carbons (Fsp3) is 0.400. The molecule has 202 valence electrons. The third-order valence-electron chi connectivity index (χ3n) is 3.76. The first-order valence-electron chi connectivity index (χ1n) is 11.5. The summed E-state index contributed by atoms with van der Waals surface area (Å²) < 4.78 is 0. The van der Waals surface area contributed by atoms with Gasteiger partial charge in [-0.25, -0.2) is 10.8 Å². The summed E-state index contributed by atoms with van der Waals surface area (Å²) in [6.45, 7) is 14.4. The first-order valence-corrected chi connectivity index (χ1v) is 12.9. The minimum atomic E-state index is 0.176. The smallest absolute Gasteiger partial charge is 0.158 e. The van der Waals surface area contributed by atoms with Gasteiger partial charge in [0.25, 0.3) is 0 Å². The fourth-order valence-electron chi connectivity index (χ4n) is 2.33. The molecule has 0 spiro atoms. The molecule has 1 aromatic carbocycles. The van der Waals surface area contributed by atoms with E-state index >= 15 is 0 Å². The molecule has 7 N–H and O–H groups in total. The normalized spacial score (nSPS) is 11.2. The molecule has 9 nitrogen and oxygen atoms in total. The monoisotopic (exact) mass is 539 g/mol. The van der Waals surface area contributed by atoms with E-state index in [4.69, 9.17) is 28.3 Å². The van der Waals surface area contributed by atoms with Gasteiger partial charge in [-0.3, -0.25) is 14.8 Å². The Kier molecular flexibility index (Phi) is 22.3. The van der Waals surface area contributed by atoms with E-state index in [0.717, 1.165) is 24.1 Å². The highest BCUT2D eigenvalue weighted by Crippen LogP contribution is 2.30. The highest BCUT2D eigenvalue weighted by Gasteiger charge is 2.08. The lowest BCUT2D eigenvalue weighted by Gasteiger charge is -2.19. The SMILES string of the molecule is C=N/C=C(/C=O)SCN(N)/C(=C/C(=C/CC)NCCN)N=C(C)C.CC.CNc1c(O)cccc1Cl. The predicted molar refractivity (Wildman–Crippen MR) is 158 cm³/mol. The number of carbonyl (C=O) groups is 1. The molecule has 0 bridgehead atoms. The van der Waals surface area contributed by atoms with Crippen LogP contribution in [0.15, 0.2) is 63.0 Å². The molecule has 0 aromatic heterocycles. The van der Waals surface area contributed by atoms with Crippen molar-refractivity contribution in [1.29, 1.82) is 0 Å². The number of aromatic hydroxyl groups is 1. The number of benzene rings is 1. The van der Waals surface area contributed by atoms with Gasteiger partial charge in [0.05, 0.1) is 21.5 Å². The average Bonchev–Trinajstić information content (AvgIpc) is 2.86. The van der Waals surface area contributed by atoms with Crippen molar-refractivity contribution in [2.75, 3.05) is 31.3 Å². The van der Waals surface area contributed by atoms with Crippen molar-refractivity contribution in [3.8, 4) is 5.75 Å². The number of aliphatic imine (C=N–C) groups is 2. The number of aldehydes is 1. The molecule has 0 amide bonds. The summed E-state index contributed by atoms with van der Waals surface area (Å²) in [6, 6.07) is 4.99. The largest absolute Gasteiger partial charge is 0.506 e. The minimum Gasteiger partial charge on any atom is -0.506 e. The molecule has 36 heavy (non-hydrogen) atoms. The van der Waals surface area contributed by atoms with E-state index in [1.165, 1.54) is 23.0 Å². The average molecular weight is 540 g/mol. The number of hydrogen-bond acceptors (Lipinski definition) is 10. The Morgan fingerprint density at radius 1 is 1.33 bits per heavy atom. The molecule has 11 heteroatoms. The number of thioether (sulfide) groups is 1. The molecular formula is C25H42ClN7O2S. The van der Waals surface area contributed by atoms with Crippen LogP contribution in [-0.4, -0.2) is 54.8 Å².